The fourth-order valence-electron chi connectivity index (χ4n) is 1.95. The second kappa shape index (κ2) is 12.2. The third-order valence-corrected chi connectivity index (χ3v) is 3.59. The minimum atomic E-state index is -1.67. The van der Waals surface area contributed by atoms with Crippen molar-refractivity contribution in [3.63, 3.8) is 0 Å². The number of aliphatic hydroxyl groups is 1. The largest absolute Gasteiger partial charge is 0.481 e. The Bertz CT molecular complexity index is 654. The van der Waals surface area contributed by atoms with E-state index in [1.54, 1.807) is 0 Å². The number of amides is 4. The molecule has 164 valence electrons. The maximum atomic E-state index is 12.4. The van der Waals surface area contributed by atoms with Gasteiger partial charge in [0.1, 0.15) is 24.2 Å². The monoisotopic (exact) mass is 419 g/mol. The van der Waals surface area contributed by atoms with Gasteiger partial charge in [0.15, 0.2) is 0 Å². The lowest BCUT2D eigenvalue weighted by molar-refractivity contribution is -0.143. The van der Waals surface area contributed by atoms with Crippen LogP contribution in [0.25, 0.3) is 0 Å². The molecule has 0 bridgehead atoms. The van der Waals surface area contributed by atoms with Crippen molar-refractivity contribution in [1.29, 1.82) is 0 Å². The quantitative estimate of drug-likeness (QED) is 0.142. The summed E-state index contributed by atoms with van der Waals surface area (Å²) >= 11 is 0. The highest BCUT2D eigenvalue weighted by atomic mass is 16.4. The average Bonchev–Trinajstić information content (AvgIpc) is 2.62. The van der Waals surface area contributed by atoms with E-state index in [0.717, 1.165) is 6.92 Å². The van der Waals surface area contributed by atoms with E-state index in [2.05, 4.69) is 10.6 Å². The lowest BCUT2D eigenvalue weighted by atomic mass is 10.1. The molecule has 0 heterocycles. The van der Waals surface area contributed by atoms with Crippen LogP contribution in [-0.2, 0) is 28.8 Å². The number of carbonyl (C=O) groups excluding carboxylic acids is 4. The molecule has 14 heteroatoms. The fourth-order valence-corrected chi connectivity index (χ4v) is 1.95. The minimum absolute atomic E-state index is 0.294. The van der Waals surface area contributed by atoms with Gasteiger partial charge in [-0.1, -0.05) is 0 Å². The Kier molecular flexibility index (Phi) is 10.9. The molecule has 0 aliphatic heterocycles. The van der Waals surface area contributed by atoms with Gasteiger partial charge in [0, 0.05) is 6.42 Å². The molecule has 0 aromatic rings. The van der Waals surface area contributed by atoms with Gasteiger partial charge in [-0.05, 0) is 13.3 Å². The molecular formula is C15H25N5O9. The van der Waals surface area contributed by atoms with Crippen LogP contribution in [0.1, 0.15) is 26.2 Å². The normalized spacial score (nSPS) is 14.6. The lowest BCUT2D eigenvalue weighted by Gasteiger charge is -2.23. The zero-order valence-electron chi connectivity index (χ0n) is 15.6. The number of aliphatic carboxylic acids is 2. The minimum Gasteiger partial charge on any atom is -0.481 e. The van der Waals surface area contributed by atoms with E-state index in [0.29, 0.717) is 0 Å². The molecule has 4 unspecified atom stereocenters. The van der Waals surface area contributed by atoms with Crippen LogP contribution in [0.4, 0.5) is 0 Å². The van der Waals surface area contributed by atoms with Gasteiger partial charge in [-0.25, -0.2) is 0 Å². The van der Waals surface area contributed by atoms with E-state index in [9.17, 15) is 28.8 Å². The van der Waals surface area contributed by atoms with Crippen LogP contribution < -0.4 is 27.4 Å². The number of carbonyl (C=O) groups is 6. The summed E-state index contributed by atoms with van der Waals surface area (Å²) in [5.74, 6) is -6.69. The van der Waals surface area contributed by atoms with E-state index in [-0.39, 0.29) is 12.8 Å². The van der Waals surface area contributed by atoms with Gasteiger partial charge in [-0.3, -0.25) is 28.8 Å². The predicted molar refractivity (Wildman–Crippen MR) is 94.8 cm³/mol. The molecule has 0 rings (SSSR count). The molecule has 0 aliphatic carbocycles. The molecule has 0 aromatic carbocycles. The molecule has 0 saturated heterocycles. The van der Waals surface area contributed by atoms with E-state index in [1.807, 2.05) is 5.32 Å². The molecule has 14 nitrogen and oxygen atoms in total. The Morgan fingerprint density at radius 3 is 1.86 bits per heavy atom. The maximum absolute atomic E-state index is 12.4. The summed E-state index contributed by atoms with van der Waals surface area (Å²) in [7, 11) is 0. The summed E-state index contributed by atoms with van der Waals surface area (Å²) in [5.41, 5.74) is 10.3. The zero-order valence-corrected chi connectivity index (χ0v) is 15.6. The van der Waals surface area contributed by atoms with E-state index >= 15 is 0 Å². The number of carboxylic acid groups (broad SMARTS) is 2. The molecule has 4 amide bonds. The molecule has 10 N–H and O–H groups in total. The molecule has 0 aliphatic rings. The van der Waals surface area contributed by atoms with Crippen LogP contribution >= 0.6 is 0 Å². The topological polar surface area (TPSA) is 251 Å². The van der Waals surface area contributed by atoms with Gasteiger partial charge in [0.2, 0.25) is 23.6 Å². The summed E-state index contributed by atoms with van der Waals surface area (Å²) in [6.07, 6.45) is -1.51. The molecule has 0 radical (unpaired) electrons. The van der Waals surface area contributed by atoms with Crippen molar-refractivity contribution >= 4 is 35.6 Å². The van der Waals surface area contributed by atoms with Gasteiger partial charge >= 0.3 is 11.9 Å². The number of primary amides is 1. The Labute approximate surface area is 165 Å². The third-order valence-electron chi connectivity index (χ3n) is 3.59. The van der Waals surface area contributed by atoms with Gasteiger partial charge in [0.05, 0.1) is 13.0 Å². The highest BCUT2D eigenvalue weighted by molar-refractivity contribution is 5.95. The highest BCUT2D eigenvalue weighted by Crippen LogP contribution is 2.02. The Morgan fingerprint density at radius 1 is 0.897 bits per heavy atom. The summed E-state index contributed by atoms with van der Waals surface area (Å²) in [4.78, 5) is 69.2. The number of hydrogen-bond acceptors (Lipinski definition) is 8. The van der Waals surface area contributed by atoms with Gasteiger partial charge in [-0.2, -0.15) is 0 Å². The first-order valence-electron chi connectivity index (χ1n) is 8.39. The second-order valence-corrected chi connectivity index (χ2v) is 6.08. The molecule has 0 saturated carbocycles. The second-order valence-electron chi connectivity index (χ2n) is 6.08. The number of carboxylic acids is 2. The van der Waals surface area contributed by atoms with E-state index in [4.69, 9.17) is 26.8 Å². The Balaban J connectivity index is 5.37. The smallest absolute Gasteiger partial charge is 0.325 e. The fraction of sp³-hybridized carbons (Fsp3) is 0.600. The molecule has 0 aromatic heterocycles. The first-order valence-corrected chi connectivity index (χ1v) is 8.39. The van der Waals surface area contributed by atoms with E-state index in [1.165, 1.54) is 0 Å². The van der Waals surface area contributed by atoms with Crippen LogP contribution in [0, 0.1) is 0 Å². The predicted octanol–water partition coefficient (Wildman–Crippen LogP) is -4.39. The van der Waals surface area contributed by atoms with Crippen LogP contribution in [0.3, 0.4) is 0 Å². The van der Waals surface area contributed by atoms with Crippen molar-refractivity contribution in [3.8, 4) is 0 Å². The molecule has 29 heavy (non-hydrogen) atoms. The first kappa shape index (κ1) is 25.7. The molecule has 0 fully saturated rings. The maximum Gasteiger partial charge on any atom is 0.325 e. The van der Waals surface area contributed by atoms with Crippen molar-refractivity contribution in [1.82, 2.24) is 16.0 Å². The van der Waals surface area contributed by atoms with Gasteiger partial charge in [-0.15, -0.1) is 0 Å². The van der Waals surface area contributed by atoms with Crippen molar-refractivity contribution in [2.24, 2.45) is 11.5 Å². The molecule has 0 spiro atoms. The lowest BCUT2D eigenvalue weighted by Crippen LogP contribution is -2.57. The van der Waals surface area contributed by atoms with Crippen LogP contribution in [0.15, 0.2) is 0 Å². The first-order chi connectivity index (χ1) is 13.4. The summed E-state index contributed by atoms with van der Waals surface area (Å²) in [6.45, 7) is 0.402. The summed E-state index contributed by atoms with van der Waals surface area (Å²) in [5, 5.41) is 32.9. The SMILES string of the molecule is CC(NC(=O)C(CC(=O)O)NC(=O)C(CCC(N)=O)NC(=O)C(N)CO)C(=O)O. The van der Waals surface area contributed by atoms with E-state index < -0.39 is 72.8 Å². The number of nitrogens with one attached hydrogen (secondary N) is 3. The Hall–Kier alpha value is -3.26. The third kappa shape index (κ3) is 10.0. The number of aliphatic hydroxyl groups excluding tert-OH is 1. The standard InChI is InChI=1S/C15H25N5O9/c1-6(15(28)29)18-14(27)9(4-11(23)24)20-13(26)8(2-3-10(17)22)19-12(25)7(16)5-21/h6-9,21H,2-5,16H2,1H3,(H2,17,22)(H,18,27)(H,19,25)(H,20,26)(H,23,24)(H,28,29). The highest BCUT2D eigenvalue weighted by Gasteiger charge is 2.30. The number of rotatable bonds is 13. The number of hydrogen-bond donors (Lipinski definition) is 8. The number of nitrogens with two attached hydrogens (primary N) is 2. The molecule has 4 atom stereocenters. The van der Waals surface area contributed by atoms with Crippen molar-refractivity contribution in [3.05, 3.63) is 0 Å². The van der Waals surface area contributed by atoms with Gasteiger partial charge in [0.25, 0.3) is 0 Å². The summed E-state index contributed by atoms with van der Waals surface area (Å²) < 4.78 is 0. The Morgan fingerprint density at radius 2 is 1.41 bits per heavy atom. The van der Waals surface area contributed by atoms with Crippen molar-refractivity contribution in [2.75, 3.05) is 6.61 Å². The average molecular weight is 419 g/mol. The van der Waals surface area contributed by atoms with Gasteiger partial charge < -0.3 is 42.7 Å². The van der Waals surface area contributed by atoms with Crippen LogP contribution in [-0.4, -0.2) is 81.7 Å². The molecular weight excluding hydrogens is 394 g/mol. The van der Waals surface area contributed by atoms with Crippen molar-refractivity contribution < 1.29 is 44.1 Å². The summed E-state index contributed by atoms with van der Waals surface area (Å²) in [6, 6.07) is -5.81. The van der Waals surface area contributed by atoms with Crippen LogP contribution in [0.2, 0.25) is 0 Å². The van der Waals surface area contributed by atoms with Crippen molar-refractivity contribution in [2.45, 2.75) is 50.4 Å². The van der Waals surface area contributed by atoms with Crippen LogP contribution in [0.5, 0.6) is 0 Å². The zero-order chi connectivity index (χ0) is 22.7.